The van der Waals surface area contributed by atoms with Gasteiger partial charge < -0.3 is 5.11 Å². The largest absolute Gasteiger partial charge is 0.388 e. The van der Waals surface area contributed by atoms with Crippen LogP contribution in [0.1, 0.15) is 37.9 Å². The Bertz CT molecular complexity index is 469. The van der Waals surface area contributed by atoms with Crippen molar-refractivity contribution in [2.75, 3.05) is 7.05 Å². The minimum Gasteiger partial charge on any atom is -0.388 e. The van der Waals surface area contributed by atoms with Crippen LogP contribution in [-0.4, -0.2) is 34.9 Å². The van der Waals surface area contributed by atoms with E-state index < -0.39 is 6.10 Å². The highest BCUT2D eigenvalue weighted by Crippen LogP contribution is 2.26. The molecule has 0 saturated carbocycles. The van der Waals surface area contributed by atoms with Gasteiger partial charge in [0.1, 0.15) is 5.78 Å². The van der Waals surface area contributed by atoms with E-state index in [0.29, 0.717) is 12.8 Å². The molecule has 1 aliphatic rings. The second-order valence-corrected chi connectivity index (χ2v) is 5.62. The number of aliphatic hydroxyl groups is 1. The Morgan fingerprint density at radius 3 is 2.75 bits per heavy atom. The van der Waals surface area contributed by atoms with Crippen LogP contribution in [0.5, 0.6) is 0 Å². The molecule has 3 nitrogen and oxygen atoms in total. The molecule has 1 heterocycles. The van der Waals surface area contributed by atoms with E-state index in [-0.39, 0.29) is 17.9 Å². The second kappa shape index (κ2) is 6.82. The monoisotopic (exact) mass is 273 g/mol. The summed E-state index contributed by atoms with van der Waals surface area (Å²) in [5.74, 6) is 0.204. The summed E-state index contributed by atoms with van der Waals surface area (Å²) in [6.45, 7) is 1.63. The fraction of sp³-hybridized carbons (Fsp3) is 0.471. The number of likely N-dealkylation sites (N-methyl/N-ethyl adjacent to an activating group) is 1. The van der Waals surface area contributed by atoms with Gasteiger partial charge in [-0.1, -0.05) is 42.5 Å². The Labute approximate surface area is 120 Å². The summed E-state index contributed by atoms with van der Waals surface area (Å²) in [5, 5.41) is 10.3. The van der Waals surface area contributed by atoms with Gasteiger partial charge in [0.25, 0.3) is 0 Å². The van der Waals surface area contributed by atoms with E-state index in [1.165, 1.54) is 0 Å². The maximum Gasteiger partial charge on any atom is 0.131 e. The van der Waals surface area contributed by atoms with Gasteiger partial charge in [0.15, 0.2) is 0 Å². The first-order valence-corrected chi connectivity index (χ1v) is 7.19. The van der Waals surface area contributed by atoms with Gasteiger partial charge in [0.05, 0.1) is 6.10 Å². The van der Waals surface area contributed by atoms with Crippen LogP contribution in [0.4, 0.5) is 0 Å². The van der Waals surface area contributed by atoms with E-state index in [2.05, 4.69) is 17.1 Å². The van der Waals surface area contributed by atoms with E-state index >= 15 is 0 Å². The Balaban J connectivity index is 1.99. The highest BCUT2D eigenvalue weighted by Gasteiger charge is 2.26. The number of nitrogens with zero attached hydrogens (tertiary/aromatic N) is 1. The number of Topliss-reactive ketones (excluding diaryl/α,β-unsaturated/α-hetero) is 1. The zero-order valence-corrected chi connectivity index (χ0v) is 12.2. The minimum absolute atomic E-state index is 0.161. The summed E-state index contributed by atoms with van der Waals surface area (Å²) in [6, 6.07) is 10.2. The van der Waals surface area contributed by atoms with Crippen molar-refractivity contribution < 1.29 is 9.90 Å². The lowest BCUT2D eigenvalue weighted by Gasteiger charge is -2.37. The van der Waals surface area contributed by atoms with Gasteiger partial charge in [-0.15, -0.1) is 0 Å². The highest BCUT2D eigenvalue weighted by molar-refractivity contribution is 5.76. The molecule has 20 heavy (non-hydrogen) atoms. The highest BCUT2D eigenvalue weighted by atomic mass is 16.3. The Kier molecular flexibility index (Phi) is 5.10. The molecule has 1 aliphatic heterocycles. The van der Waals surface area contributed by atoms with Crippen LogP contribution in [0.15, 0.2) is 42.5 Å². The Hall–Kier alpha value is -1.45. The Morgan fingerprint density at radius 1 is 1.40 bits per heavy atom. The van der Waals surface area contributed by atoms with Crippen molar-refractivity contribution in [2.24, 2.45) is 0 Å². The molecular weight excluding hydrogens is 250 g/mol. The van der Waals surface area contributed by atoms with Gasteiger partial charge in [-0.2, -0.15) is 0 Å². The number of ketones is 1. The van der Waals surface area contributed by atoms with E-state index in [1.54, 1.807) is 6.92 Å². The summed E-state index contributed by atoms with van der Waals surface area (Å²) in [4.78, 5) is 13.5. The van der Waals surface area contributed by atoms with Crippen molar-refractivity contribution >= 4 is 5.78 Å². The number of carbonyl (C=O) groups is 1. The third kappa shape index (κ3) is 3.78. The molecular formula is C17H23NO2. The molecule has 1 aromatic rings. The van der Waals surface area contributed by atoms with Crippen molar-refractivity contribution in [1.29, 1.82) is 0 Å². The fourth-order valence-electron chi connectivity index (χ4n) is 2.80. The minimum atomic E-state index is -0.451. The lowest BCUT2D eigenvalue weighted by atomic mass is 9.93. The molecule has 0 aliphatic carbocycles. The van der Waals surface area contributed by atoms with Gasteiger partial charge >= 0.3 is 0 Å². The van der Waals surface area contributed by atoms with Crippen LogP contribution < -0.4 is 0 Å². The van der Waals surface area contributed by atoms with Crippen LogP contribution in [0.3, 0.4) is 0 Å². The standard InChI is InChI=1S/C17H23NO2/c1-13(19)11-15-9-6-10-16(18(15)2)12-17(20)14-7-4-3-5-8-14/h3-9,15-17,20H,10-12H2,1-2H3/t15-,16+,17-/m0/s1. The zero-order chi connectivity index (χ0) is 14.5. The van der Waals surface area contributed by atoms with E-state index in [4.69, 9.17) is 0 Å². The summed E-state index contributed by atoms with van der Waals surface area (Å²) in [6.07, 6.45) is 5.95. The fourth-order valence-corrected chi connectivity index (χ4v) is 2.80. The molecule has 2 rings (SSSR count). The lowest BCUT2D eigenvalue weighted by molar-refractivity contribution is -0.118. The number of carbonyl (C=O) groups excluding carboxylic acids is 1. The second-order valence-electron chi connectivity index (χ2n) is 5.62. The van der Waals surface area contributed by atoms with Gasteiger partial charge in [-0.05, 0) is 32.4 Å². The maximum absolute atomic E-state index is 11.3. The predicted octanol–water partition coefficient (Wildman–Crippen LogP) is 2.72. The molecule has 0 unspecified atom stereocenters. The van der Waals surface area contributed by atoms with Crippen LogP contribution in [0.2, 0.25) is 0 Å². The Morgan fingerprint density at radius 2 is 2.10 bits per heavy atom. The molecule has 3 atom stereocenters. The number of aliphatic hydroxyl groups excluding tert-OH is 1. The lowest BCUT2D eigenvalue weighted by Crippen LogP contribution is -2.43. The normalized spacial score (nSPS) is 24.6. The zero-order valence-electron chi connectivity index (χ0n) is 12.2. The molecule has 0 bridgehead atoms. The van der Waals surface area contributed by atoms with Crippen molar-refractivity contribution in [2.45, 2.75) is 44.4 Å². The maximum atomic E-state index is 11.3. The molecule has 0 amide bonds. The van der Waals surface area contributed by atoms with Crippen LogP contribution in [0.25, 0.3) is 0 Å². The molecule has 0 aromatic heterocycles. The average molecular weight is 273 g/mol. The first kappa shape index (κ1) is 14.9. The SMILES string of the molecule is CC(=O)C[C@@H]1C=CC[C@H](C[C@H](O)c2ccccc2)N1C. The average Bonchev–Trinajstić information content (AvgIpc) is 2.43. The van der Waals surface area contributed by atoms with Gasteiger partial charge in [0, 0.05) is 18.5 Å². The van der Waals surface area contributed by atoms with Crippen LogP contribution in [0, 0.1) is 0 Å². The molecule has 1 N–H and O–H groups in total. The van der Waals surface area contributed by atoms with Crippen molar-refractivity contribution in [3.05, 3.63) is 48.0 Å². The molecule has 0 spiro atoms. The van der Waals surface area contributed by atoms with Crippen molar-refractivity contribution in [3.63, 3.8) is 0 Å². The predicted molar refractivity (Wildman–Crippen MR) is 80.4 cm³/mol. The number of benzene rings is 1. The first-order valence-electron chi connectivity index (χ1n) is 7.19. The number of hydrogen-bond donors (Lipinski definition) is 1. The first-order chi connectivity index (χ1) is 9.58. The van der Waals surface area contributed by atoms with Crippen LogP contribution in [-0.2, 0) is 4.79 Å². The molecule has 3 heteroatoms. The third-order valence-electron chi connectivity index (χ3n) is 4.04. The molecule has 0 radical (unpaired) electrons. The van der Waals surface area contributed by atoms with E-state index in [9.17, 15) is 9.90 Å². The molecule has 1 aromatic carbocycles. The van der Waals surface area contributed by atoms with Crippen molar-refractivity contribution in [1.82, 2.24) is 4.90 Å². The smallest absolute Gasteiger partial charge is 0.131 e. The van der Waals surface area contributed by atoms with Gasteiger partial charge in [0.2, 0.25) is 0 Å². The topological polar surface area (TPSA) is 40.5 Å². The summed E-state index contributed by atoms with van der Waals surface area (Å²) >= 11 is 0. The van der Waals surface area contributed by atoms with Gasteiger partial charge in [-0.3, -0.25) is 9.69 Å². The van der Waals surface area contributed by atoms with Crippen molar-refractivity contribution in [3.8, 4) is 0 Å². The molecule has 108 valence electrons. The number of rotatable bonds is 5. The van der Waals surface area contributed by atoms with E-state index in [0.717, 1.165) is 12.0 Å². The quantitative estimate of drug-likeness (QED) is 0.839. The summed E-state index contributed by atoms with van der Waals surface area (Å²) in [5.41, 5.74) is 0.957. The summed E-state index contributed by atoms with van der Waals surface area (Å²) < 4.78 is 0. The van der Waals surface area contributed by atoms with E-state index in [1.807, 2.05) is 37.4 Å². The molecule has 0 saturated heterocycles. The number of hydrogen-bond acceptors (Lipinski definition) is 3. The van der Waals surface area contributed by atoms with Gasteiger partial charge in [-0.25, -0.2) is 0 Å². The molecule has 0 fully saturated rings. The summed E-state index contributed by atoms with van der Waals surface area (Å²) in [7, 11) is 2.04. The third-order valence-corrected chi connectivity index (χ3v) is 4.04. The van der Waals surface area contributed by atoms with Crippen LogP contribution >= 0.6 is 0 Å².